The van der Waals surface area contributed by atoms with Crippen LogP contribution in [0.5, 0.6) is 0 Å². The van der Waals surface area contributed by atoms with Crippen molar-refractivity contribution in [2.24, 2.45) is 5.92 Å². The molecule has 0 aliphatic heterocycles. The van der Waals surface area contributed by atoms with Crippen LogP contribution >= 0.6 is 15.9 Å². The highest BCUT2D eigenvalue weighted by Gasteiger charge is 2.39. The summed E-state index contributed by atoms with van der Waals surface area (Å²) in [7, 11) is 0. The molecule has 0 radical (unpaired) electrons. The Morgan fingerprint density at radius 2 is 1.77 bits per heavy atom. The molecule has 1 aromatic heterocycles. The zero-order valence-corrected chi connectivity index (χ0v) is 15.3. The lowest BCUT2D eigenvalue weighted by Gasteiger charge is -2.37. The van der Waals surface area contributed by atoms with Gasteiger partial charge in [0.05, 0.1) is 0 Å². The van der Waals surface area contributed by atoms with Gasteiger partial charge < -0.3 is 9.47 Å². The third-order valence-electron chi connectivity index (χ3n) is 5.38. The SMILES string of the molecule is CCC1CCC(N(C(=O)c2cc(Br)cn2CC)C2CC2)CC1. The van der Waals surface area contributed by atoms with Crippen molar-refractivity contribution in [3.8, 4) is 0 Å². The van der Waals surface area contributed by atoms with Gasteiger partial charge in [-0.25, -0.2) is 0 Å². The number of nitrogens with zero attached hydrogens (tertiary/aromatic N) is 2. The number of carbonyl (C=O) groups excluding carboxylic acids is 1. The summed E-state index contributed by atoms with van der Waals surface area (Å²) in [5.41, 5.74) is 0.846. The zero-order chi connectivity index (χ0) is 15.7. The van der Waals surface area contributed by atoms with Crippen molar-refractivity contribution < 1.29 is 4.79 Å². The quantitative estimate of drug-likeness (QED) is 0.731. The molecule has 0 N–H and O–H groups in total. The summed E-state index contributed by atoms with van der Waals surface area (Å²) in [6.07, 6.45) is 10.6. The van der Waals surface area contributed by atoms with Crippen LogP contribution < -0.4 is 0 Å². The van der Waals surface area contributed by atoms with Gasteiger partial charge in [0.1, 0.15) is 5.69 Å². The minimum absolute atomic E-state index is 0.245. The number of aromatic nitrogens is 1. The van der Waals surface area contributed by atoms with Crippen molar-refractivity contribution in [3.05, 3.63) is 22.4 Å². The van der Waals surface area contributed by atoms with E-state index >= 15 is 0 Å². The second kappa shape index (κ2) is 6.77. The molecule has 1 heterocycles. The average Bonchev–Trinajstić information content (AvgIpc) is 3.29. The van der Waals surface area contributed by atoms with Crippen molar-refractivity contribution in [1.29, 1.82) is 0 Å². The molecule has 2 saturated carbocycles. The molecule has 0 aromatic carbocycles. The Kier molecular flexibility index (Phi) is 4.96. The Hall–Kier alpha value is -0.770. The summed E-state index contributed by atoms with van der Waals surface area (Å²) in [4.78, 5) is 15.4. The molecule has 0 saturated heterocycles. The normalized spacial score (nSPS) is 25.2. The molecule has 1 amide bonds. The van der Waals surface area contributed by atoms with Crippen LogP contribution in [0.3, 0.4) is 0 Å². The molecule has 0 unspecified atom stereocenters. The third-order valence-corrected chi connectivity index (χ3v) is 5.82. The predicted molar refractivity (Wildman–Crippen MR) is 93.0 cm³/mol. The zero-order valence-electron chi connectivity index (χ0n) is 13.7. The highest BCUT2D eigenvalue weighted by molar-refractivity contribution is 9.10. The summed E-state index contributed by atoms with van der Waals surface area (Å²) in [6, 6.07) is 2.94. The number of hydrogen-bond acceptors (Lipinski definition) is 1. The first-order valence-corrected chi connectivity index (χ1v) is 9.61. The lowest BCUT2D eigenvalue weighted by Crippen LogP contribution is -2.44. The fourth-order valence-electron chi connectivity index (χ4n) is 3.86. The van der Waals surface area contributed by atoms with Gasteiger partial charge in [-0.2, -0.15) is 0 Å². The molecule has 122 valence electrons. The van der Waals surface area contributed by atoms with Crippen molar-refractivity contribution in [3.63, 3.8) is 0 Å². The van der Waals surface area contributed by atoms with E-state index < -0.39 is 0 Å². The van der Waals surface area contributed by atoms with Gasteiger partial charge in [-0.3, -0.25) is 4.79 Å². The van der Waals surface area contributed by atoms with Gasteiger partial charge in [-0.1, -0.05) is 13.3 Å². The van der Waals surface area contributed by atoms with E-state index in [0.717, 1.165) is 22.6 Å². The lowest BCUT2D eigenvalue weighted by molar-refractivity contribution is 0.0576. The van der Waals surface area contributed by atoms with Crippen LogP contribution in [0.2, 0.25) is 0 Å². The molecule has 1 aromatic rings. The maximum Gasteiger partial charge on any atom is 0.271 e. The maximum atomic E-state index is 13.2. The van der Waals surface area contributed by atoms with E-state index in [-0.39, 0.29) is 5.91 Å². The highest BCUT2D eigenvalue weighted by Crippen LogP contribution is 2.37. The average molecular weight is 367 g/mol. The summed E-state index contributed by atoms with van der Waals surface area (Å²) < 4.78 is 3.07. The van der Waals surface area contributed by atoms with Crippen LogP contribution in [0.4, 0.5) is 0 Å². The van der Waals surface area contributed by atoms with Crippen LogP contribution in [0.1, 0.15) is 69.3 Å². The van der Waals surface area contributed by atoms with E-state index in [0.29, 0.717) is 12.1 Å². The molecule has 2 aliphatic carbocycles. The fourth-order valence-corrected chi connectivity index (χ4v) is 4.33. The van der Waals surface area contributed by atoms with E-state index in [4.69, 9.17) is 0 Å². The van der Waals surface area contributed by atoms with E-state index in [9.17, 15) is 4.79 Å². The molecule has 3 rings (SSSR count). The number of carbonyl (C=O) groups is 1. The first-order chi connectivity index (χ1) is 10.6. The van der Waals surface area contributed by atoms with Gasteiger partial charge in [0.25, 0.3) is 5.91 Å². The number of aryl methyl sites for hydroxylation is 1. The number of amides is 1. The van der Waals surface area contributed by atoms with Crippen molar-refractivity contribution in [2.45, 2.75) is 77.4 Å². The molecular weight excluding hydrogens is 340 g/mol. The molecule has 0 bridgehead atoms. The Labute approximate surface area is 142 Å². The van der Waals surface area contributed by atoms with Gasteiger partial charge in [0.2, 0.25) is 0 Å². The van der Waals surface area contributed by atoms with E-state index in [1.54, 1.807) is 0 Å². The number of halogens is 1. The number of hydrogen-bond donors (Lipinski definition) is 0. The Morgan fingerprint density at radius 3 is 2.27 bits per heavy atom. The second-order valence-electron chi connectivity index (χ2n) is 6.86. The molecular formula is C18H27BrN2O. The summed E-state index contributed by atoms with van der Waals surface area (Å²) in [6.45, 7) is 5.23. The van der Waals surface area contributed by atoms with Crippen LogP contribution in [-0.2, 0) is 6.54 Å². The van der Waals surface area contributed by atoms with Gasteiger partial charge >= 0.3 is 0 Å². The van der Waals surface area contributed by atoms with E-state index in [2.05, 4.69) is 39.2 Å². The third kappa shape index (κ3) is 3.27. The van der Waals surface area contributed by atoms with Gasteiger partial charge in [0, 0.05) is 29.3 Å². The predicted octanol–water partition coefficient (Wildman–Crippen LogP) is 4.84. The highest BCUT2D eigenvalue weighted by atomic mass is 79.9. The smallest absolute Gasteiger partial charge is 0.271 e. The molecule has 0 atom stereocenters. The Balaban J connectivity index is 1.78. The maximum absolute atomic E-state index is 13.2. The Bertz CT molecular complexity index is 527. The molecule has 2 fully saturated rings. The van der Waals surface area contributed by atoms with Crippen LogP contribution in [0, 0.1) is 5.92 Å². The Morgan fingerprint density at radius 1 is 1.18 bits per heavy atom. The summed E-state index contributed by atoms with van der Waals surface area (Å²) in [5.74, 6) is 1.12. The molecule has 4 heteroatoms. The van der Waals surface area contributed by atoms with Gasteiger partial charge in [0.15, 0.2) is 0 Å². The van der Waals surface area contributed by atoms with E-state index in [1.165, 1.54) is 44.9 Å². The summed E-state index contributed by atoms with van der Waals surface area (Å²) in [5, 5.41) is 0. The van der Waals surface area contributed by atoms with Crippen LogP contribution in [0.25, 0.3) is 0 Å². The van der Waals surface area contributed by atoms with Gasteiger partial charge in [-0.15, -0.1) is 0 Å². The van der Waals surface area contributed by atoms with Crippen LogP contribution in [-0.4, -0.2) is 27.5 Å². The summed E-state index contributed by atoms with van der Waals surface area (Å²) >= 11 is 3.52. The first kappa shape index (κ1) is 16.1. The topological polar surface area (TPSA) is 25.2 Å². The standard InChI is InChI=1S/C18H27BrN2O/c1-3-13-5-7-15(8-6-13)21(16-9-10-16)18(22)17-11-14(19)12-20(17)4-2/h11-13,15-16H,3-10H2,1-2H3. The van der Waals surface area contributed by atoms with Gasteiger partial charge in [-0.05, 0) is 73.4 Å². The molecule has 0 spiro atoms. The van der Waals surface area contributed by atoms with Crippen molar-refractivity contribution >= 4 is 21.8 Å². The minimum Gasteiger partial charge on any atom is -0.343 e. The van der Waals surface area contributed by atoms with Crippen molar-refractivity contribution in [2.75, 3.05) is 0 Å². The fraction of sp³-hybridized carbons (Fsp3) is 0.722. The second-order valence-corrected chi connectivity index (χ2v) is 7.77. The number of rotatable bonds is 5. The van der Waals surface area contributed by atoms with E-state index in [1.807, 2.05) is 12.3 Å². The van der Waals surface area contributed by atoms with Crippen LogP contribution in [0.15, 0.2) is 16.7 Å². The van der Waals surface area contributed by atoms with Crippen molar-refractivity contribution in [1.82, 2.24) is 9.47 Å². The molecule has 2 aliphatic rings. The largest absolute Gasteiger partial charge is 0.343 e. The lowest BCUT2D eigenvalue weighted by atomic mass is 9.83. The first-order valence-electron chi connectivity index (χ1n) is 8.82. The monoisotopic (exact) mass is 366 g/mol. The molecule has 3 nitrogen and oxygen atoms in total. The molecule has 22 heavy (non-hydrogen) atoms. The minimum atomic E-state index is 0.245.